The predicted octanol–water partition coefficient (Wildman–Crippen LogP) is 14.9. The molecule has 0 aliphatic heterocycles. The maximum Gasteiger partial charge on any atom is 0.0540 e. The molecule has 2 heteroatoms. The average molecular weight is 705 g/mol. The van der Waals surface area contributed by atoms with Gasteiger partial charge in [0.15, 0.2) is 0 Å². The highest BCUT2D eigenvalue weighted by Gasteiger charge is 2.35. The van der Waals surface area contributed by atoms with Crippen LogP contribution in [0, 0.1) is 0 Å². The van der Waals surface area contributed by atoms with Gasteiger partial charge in [0, 0.05) is 38.9 Å². The summed E-state index contributed by atoms with van der Waals surface area (Å²) in [5.41, 5.74) is 14.6. The summed E-state index contributed by atoms with van der Waals surface area (Å²) in [6.07, 6.45) is 0. The molecule has 0 unspecified atom stereocenters. The molecule has 2 nitrogen and oxygen atoms in total. The highest BCUT2D eigenvalue weighted by atomic mass is 15.1. The van der Waals surface area contributed by atoms with E-state index in [1.165, 1.54) is 54.9 Å². The van der Waals surface area contributed by atoms with Crippen LogP contribution < -0.4 is 9.80 Å². The largest absolute Gasteiger partial charge is 0.310 e. The van der Waals surface area contributed by atoms with E-state index < -0.39 is 0 Å². The Kier molecular flexibility index (Phi) is 7.85. The number of anilines is 6. The number of nitrogens with zero attached hydrogens (tertiary/aromatic N) is 2. The number of hydrogen-bond acceptors (Lipinski definition) is 2. The second-order valence-corrected chi connectivity index (χ2v) is 15.0. The zero-order valence-electron chi connectivity index (χ0n) is 31.0. The van der Waals surface area contributed by atoms with Gasteiger partial charge in [-0.3, -0.25) is 0 Å². The molecule has 0 spiro atoms. The third-order valence-corrected chi connectivity index (χ3v) is 11.4. The molecule has 0 saturated carbocycles. The van der Waals surface area contributed by atoms with Crippen LogP contribution in [0.25, 0.3) is 43.8 Å². The summed E-state index contributed by atoms with van der Waals surface area (Å²) in [7, 11) is 0. The van der Waals surface area contributed by atoms with E-state index in [9.17, 15) is 0 Å². The van der Waals surface area contributed by atoms with Crippen LogP contribution >= 0.6 is 0 Å². The number of fused-ring (bicyclic) bond motifs is 5. The van der Waals surface area contributed by atoms with Crippen molar-refractivity contribution in [1.82, 2.24) is 0 Å². The molecule has 9 aromatic rings. The maximum absolute atomic E-state index is 2.41. The number of rotatable bonds is 7. The summed E-state index contributed by atoms with van der Waals surface area (Å²) >= 11 is 0. The molecule has 0 saturated heterocycles. The molecule has 0 fully saturated rings. The molecule has 262 valence electrons. The highest BCUT2D eigenvalue weighted by Crippen LogP contribution is 2.51. The molecule has 0 aromatic heterocycles. The fourth-order valence-corrected chi connectivity index (χ4v) is 8.77. The lowest BCUT2D eigenvalue weighted by molar-refractivity contribution is 0.660. The van der Waals surface area contributed by atoms with Crippen molar-refractivity contribution in [3.8, 4) is 22.3 Å². The molecule has 0 N–H and O–H groups in total. The monoisotopic (exact) mass is 704 g/mol. The van der Waals surface area contributed by atoms with Crippen LogP contribution in [-0.2, 0) is 5.41 Å². The Morgan fingerprint density at radius 2 is 0.836 bits per heavy atom. The minimum Gasteiger partial charge on any atom is -0.310 e. The van der Waals surface area contributed by atoms with Crippen molar-refractivity contribution in [3.05, 3.63) is 217 Å². The summed E-state index contributed by atoms with van der Waals surface area (Å²) in [5, 5.41) is 4.86. The second kappa shape index (κ2) is 13.2. The smallest absolute Gasteiger partial charge is 0.0540 e. The molecule has 0 amide bonds. The lowest BCUT2D eigenvalue weighted by Crippen LogP contribution is -2.16. The van der Waals surface area contributed by atoms with Crippen LogP contribution in [0.1, 0.15) is 25.0 Å². The lowest BCUT2D eigenvalue weighted by atomic mass is 9.82. The molecule has 10 rings (SSSR count). The average Bonchev–Trinajstić information content (AvgIpc) is 3.47. The molecule has 0 bridgehead atoms. The molecule has 0 heterocycles. The standard InChI is InChI=1S/C53H40N2/c1-53(2)49-27-12-11-23-46(49)47-35-34-42(36-50(47)53)54(39-18-5-3-6-19-39)41-32-30-38(31-33-41)43-24-14-26-48-45(43)25-15-29-52(48)55(40-20-7-4-8-21-40)51-28-13-17-37-16-9-10-22-44(37)51/h3-36H,1-2H3. The first-order valence-electron chi connectivity index (χ1n) is 19.1. The van der Waals surface area contributed by atoms with Crippen molar-refractivity contribution < 1.29 is 0 Å². The summed E-state index contributed by atoms with van der Waals surface area (Å²) in [4.78, 5) is 4.79. The predicted molar refractivity (Wildman–Crippen MR) is 234 cm³/mol. The van der Waals surface area contributed by atoms with Gasteiger partial charge in [0.2, 0.25) is 0 Å². The van der Waals surface area contributed by atoms with Gasteiger partial charge in [-0.2, -0.15) is 0 Å². The van der Waals surface area contributed by atoms with E-state index >= 15 is 0 Å². The lowest BCUT2D eigenvalue weighted by Gasteiger charge is -2.28. The first-order valence-corrected chi connectivity index (χ1v) is 19.1. The van der Waals surface area contributed by atoms with Crippen LogP contribution in [0.5, 0.6) is 0 Å². The van der Waals surface area contributed by atoms with Gasteiger partial charge >= 0.3 is 0 Å². The Balaban J connectivity index is 1.07. The van der Waals surface area contributed by atoms with Crippen LogP contribution in [0.15, 0.2) is 206 Å². The van der Waals surface area contributed by atoms with Crippen LogP contribution in [0.2, 0.25) is 0 Å². The molecule has 0 radical (unpaired) electrons. The molecular weight excluding hydrogens is 665 g/mol. The molecule has 9 aromatic carbocycles. The van der Waals surface area contributed by atoms with Crippen molar-refractivity contribution in [2.24, 2.45) is 0 Å². The summed E-state index contributed by atoms with van der Waals surface area (Å²) in [5.74, 6) is 0. The second-order valence-electron chi connectivity index (χ2n) is 15.0. The fraction of sp³-hybridized carbons (Fsp3) is 0.0566. The summed E-state index contributed by atoms with van der Waals surface area (Å²) in [6.45, 7) is 4.69. The Morgan fingerprint density at radius 3 is 1.62 bits per heavy atom. The first kappa shape index (κ1) is 32.7. The van der Waals surface area contributed by atoms with Gasteiger partial charge in [-0.15, -0.1) is 0 Å². The van der Waals surface area contributed by atoms with Gasteiger partial charge in [0.25, 0.3) is 0 Å². The Bertz CT molecular complexity index is 2830. The molecule has 1 aliphatic carbocycles. The number of hydrogen-bond donors (Lipinski definition) is 0. The van der Waals surface area contributed by atoms with Crippen LogP contribution in [-0.4, -0.2) is 0 Å². The minimum atomic E-state index is -0.0783. The quantitative estimate of drug-likeness (QED) is 0.163. The Morgan fingerprint density at radius 1 is 0.327 bits per heavy atom. The topological polar surface area (TPSA) is 6.48 Å². The zero-order chi connectivity index (χ0) is 36.9. The number of benzene rings is 9. The van der Waals surface area contributed by atoms with Crippen molar-refractivity contribution in [2.45, 2.75) is 19.3 Å². The molecular formula is C53H40N2. The van der Waals surface area contributed by atoms with Crippen molar-refractivity contribution in [3.63, 3.8) is 0 Å². The van der Waals surface area contributed by atoms with E-state index in [0.717, 1.165) is 34.1 Å². The third kappa shape index (κ3) is 5.49. The van der Waals surface area contributed by atoms with E-state index in [1.54, 1.807) is 0 Å². The normalized spacial score (nSPS) is 12.7. The van der Waals surface area contributed by atoms with E-state index in [0.29, 0.717) is 0 Å². The summed E-state index contributed by atoms with van der Waals surface area (Å²) < 4.78 is 0. The first-order chi connectivity index (χ1) is 27.1. The maximum atomic E-state index is 2.41. The molecule has 1 aliphatic rings. The number of para-hydroxylation sites is 2. The zero-order valence-corrected chi connectivity index (χ0v) is 31.0. The SMILES string of the molecule is CC1(C)c2ccccc2-c2ccc(N(c3ccccc3)c3ccc(-c4cccc5c(N(c6ccccc6)c6cccc7ccccc67)cccc45)cc3)cc21. The third-order valence-electron chi connectivity index (χ3n) is 11.4. The molecule has 55 heavy (non-hydrogen) atoms. The highest BCUT2D eigenvalue weighted by molar-refractivity contribution is 6.08. The van der Waals surface area contributed by atoms with Gasteiger partial charge in [-0.05, 0) is 105 Å². The van der Waals surface area contributed by atoms with Gasteiger partial charge in [0.1, 0.15) is 0 Å². The van der Waals surface area contributed by atoms with E-state index in [1.807, 2.05) is 0 Å². The Hall–Kier alpha value is -6.90. The van der Waals surface area contributed by atoms with E-state index in [4.69, 9.17) is 0 Å². The van der Waals surface area contributed by atoms with Gasteiger partial charge in [-0.1, -0.05) is 159 Å². The fourth-order valence-electron chi connectivity index (χ4n) is 8.77. The van der Waals surface area contributed by atoms with E-state index in [2.05, 4.69) is 230 Å². The van der Waals surface area contributed by atoms with Gasteiger partial charge in [-0.25, -0.2) is 0 Å². The molecule has 0 atom stereocenters. The minimum absolute atomic E-state index is 0.0783. The Labute approximate surface area is 323 Å². The van der Waals surface area contributed by atoms with Crippen molar-refractivity contribution in [1.29, 1.82) is 0 Å². The van der Waals surface area contributed by atoms with Crippen LogP contribution in [0.3, 0.4) is 0 Å². The van der Waals surface area contributed by atoms with Crippen molar-refractivity contribution in [2.75, 3.05) is 9.80 Å². The van der Waals surface area contributed by atoms with Crippen LogP contribution in [0.4, 0.5) is 34.1 Å². The summed E-state index contributed by atoms with van der Waals surface area (Å²) in [6, 6.07) is 75.0. The van der Waals surface area contributed by atoms with Crippen molar-refractivity contribution >= 4 is 55.7 Å². The van der Waals surface area contributed by atoms with Gasteiger partial charge < -0.3 is 9.80 Å². The van der Waals surface area contributed by atoms with Gasteiger partial charge in [0.05, 0.1) is 11.4 Å². The van der Waals surface area contributed by atoms with E-state index in [-0.39, 0.29) is 5.41 Å².